The van der Waals surface area contributed by atoms with Crippen LogP contribution in [0.3, 0.4) is 0 Å². The first-order chi connectivity index (χ1) is 7.15. The minimum Gasteiger partial charge on any atom is -0.339 e. The van der Waals surface area contributed by atoms with Gasteiger partial charge in [-0.3, -0.25) is 4.79 Å². The summed E-state index contributed by atoms with van der Waals surface area (Å²) in [5, 5.41) is 3.20. The van der Waals surface area contributed by atoms with Crippen LogP contribution in [0.2, 0.25) is 0 Å². The van der Waals surface area contributed by atoms with E-state index in [0.29, 0.717) is 18.6 Å². The number of nitrogens with zero attached hydrogens (tertiary/aromatic N) is 1. The van der Waals surface area contributed by atoms with Crippen LogP contribution in [0.5, 0.6) is 0 Å². The summed E-state index contributed by atoms with van der Waals surface area (Å²) < 4.78 is 0. The summed E-state index contributed by atoms with van der Waals surface area (Å²) in [4.78, 5) is 14.0. The van der Waals surface area contributed by atoms with Crippen LogP contribution in [-0.4, -0.2) is 36.0 Å². The predicted octanol–water partition coefficient (Wildman–Crippen LogP) is 1.78. The van der Waals surface area contributed by atoms with Crippen LogP contribution in [-0.2, 0) is 4.79 Å². The Morgan fingerprint density at radius 2 is 2.20 bits per heavy atom. The molecule has 0 spiro atoms. The van der Waals surface area contributed by atoms with Crippen molar-refractivity contribution >= 4 is 5.91 Å². The molecule has 15 heavy (non-hydrogen) atoms. The summed E-state index contributed by atoms with van der Waals surface area (Å²) in [5.41, 5.74) is 0. The second kappa shape index (κ2) is 6.11. The first-order valence-electron chi connectivity index (χ1n) is 6.18. The van der Waals surface area contributed by atoms with Crippen LogP contribution in [0.15, 0.2) is 0 Å². The fourth-order valence-corrected chi connectivity index (χ4v) is 2.15. The lowest BCUT2D eigenvalue weighted by molar-refractivity contribution is -0.134. The van der Waals surface area contributed by atoms with E-state index in [1.165, 1.54) is 19.3 Å². The number of carbonyl (C=O) groups is 1. The zero-order chi connectivity index (χ0) is 11.3. The van der Waals surface area contributed by atoms with Crippen LogP contribution < -0.4 is 5.32 Å². The van der Waals surface area contributed by atoms with E-state index in [-0.39, 0.29) is 5.91 Å². The van der Waals surface area contributed by atoms with Gasteiger partial charge in [0, 0.05) is 18.6 Å². The highest BCUT2D eigenvalue weighted by Crippen LogP contribution is 2.19. The molecule has 0 radical (unpaired) electrons. The Balaban J connectivity index is 2.41. The van der Waals surface area contributed by atoms with Crippen molar-refractivity contribution in [3.8, 4) is 0 Å². The van der Waals surface area contributed by atoms with E-state index in [0.717, 1.165) is 13.0 Å². The van der Waals surface area contributed by atoms with Gasteiger partial charge < -0.3 is 10.2 Å². The third kappa shape index (κ3) is 3.82. The minimum atomic E-state index is 0.273. The van der Waals surface area contributed by atoms with Gasteiger partial charge in [-0.1, -0.05) is 20.8 Å². The lowest BCUT2D eigenvalue weighted by atomic mass is 10.00. The number of carbonyl (C=O) groups excluding carboxylic acids is 1. The normalized spacial score (nSPS) is 22.1. The molecule has 1 rings (SSSR count). The Kier molecular flexibility index (Phi) is 5.09. The summed E-state index contributed by atoms with van der Waals surface area (Å²) in [6.07, 6.45) is 4.72. The molecule has 0 aromatic carbocycles. The summed E-state index contributed by atoms with van der Waals surface area (Å²) >= 11 is 0. The van der Waals surface area contributed by atoms with Gasteiger partial charge in [-0.05, 0) is 25.7 Å². The van der Waals surface area contributed by atoms with E-state index in [4.69, 9.17) is 0 Å². The molecule has 1 fully saturated rings. The number of likely N-dealkylation sites (tertiary alicyclic amines) is 1. The van der Waals surface area contributed by atoms with E-state index in [1.807, 2.05) is 0 Å². The van der Waals surface area contributed by atoms with Gasteiger partial charge in [0.1, 0.15) is 0 Å². The molecule has 0 aliphatic carbocycles. The monoisotopic (exact) mass is 212 g/mol. The van der Waals surface area contributed by atoms with Gasteiger partial charge in [0.05, 0.1) is 6.54 Å². The van der Waals surface area contributed by atoms with Crippen molar-refractivity contribution in [2.24, 2.45) is 0 Å². The Labute approximate surface area is 93.2 Å². The average molecular weight is 212 g/mol. The molecule has 0 bridgehead atoms. The summed E-state index contributed by atoms with van der Waals surface area (Å²) in [6, 6.07) is 0.874. The highest BCUT2D eigenvalue weighted by atomic mass is 16.2. The third-order valence-corrected chi connectivity index (χ3v) is 3.08. The zero-order valence-electron chi connectivity index (χ0n) is 10.3. The summed E-state index contributed by atoms with van der Waals surface area (Å²) in [7, 11) is 0. The molecule has 3 heteroatoms. The van der Waals surface area contributed by atoms with E-state index in [1.54, 1.807) is 0 Å². The molecule has 88 valence electrons. The minimum absolute atomic E-state index is 0.273. The summed E-state index contributed by atoms with van der Waals surface area (Å²) in [6.45, 7) is 7.76. The molecule has 1 heterocycles. The fourth-order valence-electron chi connectivity index (χ4n) is 2.15. The van der Waals surface area contributed by atoms with E-state index in [9.17, 15) is 4.79 Å². The molecular weight excluding hydrogens is 188 g/mol. The van der Waals surface area contributed by atoms with Gasteiger partial charge in [-0.25, -0.2) is 0 Å². The molecule has 1 aliphatic heterocycles. The number of piperidine rings is 1. The van der Waals surface area contributed by atoms with Crippen molar-refractivity contribution in [1.82, 2.24) is 10.2 Å². The van der Waals surface area contributed by atoms with Crippen LogP contribution >= 0.6 is 0 Å². The Hall–Kier alpha value is -0.570. The van der Waals surface area contributed by atoms with Gasteiger partial charge in [-0.15, -0.1) is 0 Å². The van der Waals surface area contributed by atoms with Crippen LogP contribution in [0.1, 0.15) is 46.5 Å². The Bertz CT molecular complexity index is 204. The molecule has 1 atom stereocenters. The van der Waals surface area contributed by atoms with E-state index in [2.05, 4.69) is 31.0 Å². The molecule has 3 nitrogen and oxygen atoms in total. The van der Waals surface area contributed by atoms with E-state index < -0.39 is 0 Å². The molecule has 1 N–H and O–H groups in total. The molecular formula is C12H24N2O. The molecule has 1 unspecified atom stereocenters. The van der Waals surface area contributed by atoms with Gasteiger partial charge in [0.2, 0.25) is 5.91 Å². The average Bonchev–Trinajstić information content (AvgIpc) is 2.25. The number of amides is 1. The molecule has 1 saturated heterocycles. The topological polar surface area (TPSA) is 32.3 Å². The van der Waals surface area contributed by atoms with Crippen molar-refractivity contribution in [2.75, 3.05) is 13.1 Å². The van der Waals surface area contributed by atoms with Crippen molar-refractivity contribution in [2.45, 2.75) is 58.5 Å². The second-order valence-corrected chi connectivity index (χ2v) is 4.68. The first kappa shape index (κ1) is 12.5. The standard InChI is InChI=1S/C12H24N2O/c1-4-11-7-5-6-8-14(11)12(15)9-13-10(2)3/h10-11,13H,4-9H2,1-3H3. The van der Waals surface area contributed by atoms with Gasteiger partial charge in [0.25, 0.3) is 0 Å². The van der Waals surface area contributed by atoms with Crippen LogP contribution in [0, 0.1) is 0 Å². The zero-order valence-corrected chi connectivity index (χ0v) is 10.3. The third-order valence-electron chi connectivity index (χ3n) is 3.08. The smallest absolute Gasteiger partial charge is 0.236 e. The first-order valence-corrected chi connectivity index (χ1v) is 6.18. The molecule has 0 aromatic rings. The Morgan fingerprint density at radius 1 is 1.47 bits per heavy atom. The Morgan fingerprint density at radius 3 is 2.80 bits per heavy atom. The van der Waals surface area contributed by atoms with Crippen LogP contribution in [0.4, 0.5) is 0 Å². The fraction of sp³-hybridized carbons (Fsp3) is 0.917. The van der Waals surface area contributed by atoms with Crippen molar-refractivity contribution < 1.29 is 4.79 Å². The number of rotatable bonds is 4. The van der Waals surface area contributed by atoms with Crippen molar-refractivity contribution in [1.29, 1.82) is 0 Å². The maximum absolute atomic E-state index is 11.9. The molecule has 0 aromatic heterocycles. The highest BCUT2D eigenvalue weighted by Gasteiger charge is 2.24. The predicted molar refractivity (Wildman–Crippen MR) is 62.8 cm³/mol. The van der Waals surface area contributed by atoms with Gasteiger partial charge in [0.15, 0.2) is 0 Å². The van der Waals surface area contributed by atoms with Crippen molar-refractivity contribution in [3.63, 3.8) is 0 Å². The van der Waals surface area contributed by atoms with Gasteiger partial charge in [-0.2, -0.15) is 0 Å². The maximum Gasteiger partial charge on any atom is 0.236 e. The molecule has 0 saturated carbocycles. The largest absolute Gasteiger partial charge is 0.339 e. The molecule has 1 amide bonds. The number of hydrogen-bond donors (Lipinski definition) is 1. The van der Waals surface area contributed by atoms with Crippen molar-refractivity contribution in [3.05, 3.63) is 0 Å². The number of hydrogen-bond acceptors (Lipinski definition) is 2. The highest BCUT2D eigenvalue weighted by molar-refractivity contribution is 5.78. The maximum atomic E-state index is 11.9. The summed E-state index contributed by atoms with van der Waals surface area (Å²) in [5.74, 6) is 0.273. The lowest BCUT2D eigenvalue weighted by Gasteiger charge is -2.35. The molecule has 1 aliphatic rings. The SMILES string of the molecule is CCC1CCCCN1C(=O)CNC(C)C. The second-order valence-electron chi connectivity index (χ2n) is 4.68. The van der Waals surface area contributed by atoms with Crippen LogP contribution in [0.25, 0.3) is 0 Å². The lowest BCUT2D eigenvalue weighted by Crippen LogP contribution is -2.47. The van der Waals surface area contributed by atoms with E-state index >= 15 is 0 Å². The van der Waals surface area contributed by atoms with Gasteiger partial charge >= 0.3 is 0 Å². The quantitative estimate of drug-likeness (QED) is 0.770. The number of nitrogens with one attached hydrogen (secondary N) is 1.